The highest BCUT2D eigenvalue weighted by Gasteiger charge is 2.22. The minimum atomic E-state index is -0.412. The van der Waals surface area contributed by atoms with Crippen LogP contribution in [0.25, 0.3) is 5.69 Å². The number of aromatic nitrogens is 2. The molecule has 32 heavy (non-hydrogen) atoms. The van der Waals surface area contributed by atoms with Crippen LogP contribution in [0.1, 0.15) is 37.4 Å². The van der Waals surface area contributed by atoms with Crippen molar-refractivity contribution in [2.45, 2.75) is 32.7 Å². The second-order valence-electron chi connectivity index (χ2n) is 7.27. The number of rotatable bonds is 10. The highest BCUT2D eigenvalue weighted by Crippen LogP contribution is 2.30. The second-order valence-corrected chi connectivity index (χ2v) is 8.19. The molecule has 0 spiro atoms. The van der Waals surface area contributed by atoms with E-state index in [-0.39, 0.29) is 5.69 Å². The van der Waals surface area contributed by atoms with Crippen LogP contribution >= 0.6 is 15.9 Å². The molecule has 0 bridgehead atoms. The molecule has 0 aliphatic rings. The minimum Gasteiger partial charge on any atom is -0.481 e. The van der Waals surface area contributed by atoms with Crippen LogP contribution in [0.2, 0.25) is 0 Å². The number of hydrogen-bond acceptors (Lipinski definition) is 6. The van der Waals surface area contributed by atoms with Crippen LogP contribution in [0.4, 0.5) is 11.5 Å². The molecule has 8 nitrogen and oxygen atoms in total. The molecule has 2 heterocycles. The lowest BCUT2D eigenvalue weighted by Gasteiger charge is -2.24. The monoisotopic (exact) mass is 497 g/mol. The SMILES string of the molecule is CCCCCN(Cc1ccc(-n2cc(Br)cc2C#N)cc1)c1nc(OC)ccc1[N+](=O)[O-]. The van der Waals surface area contributed by atoms with E-state index < -0.39 is 4.92 Å². The Morgan fingerprint density at radius 1 is 1.25 bits per heavy atom. The Morgan fingerprint density at radius 2 is 2.00 bits per heavy atom. The Balaban J connectivity index is 1.91. The topological polar surface area (TPSA) is 97.2 Å². The molecule has 0 saturated heterocycles. The van der Waals surface area contributed by atoms with Crippen molar-refractivity contribution < 1.29 is 9.66 Å². The summed E-state index contributed by atoms with van der Waals surface area (Å²) in [6, 6.07) is 14.7. The van der Waals surface area contributed by atoms with Crippen molar-refractivity contribution in [1.82, 2.24) is 9.55 Å². The number of methoxy groups -OCH3 is 1. The highest BCUT2D eigenvalue weighted by atomic mass is 79.9. The van der Waals surface area contributed by atoms with Crippen molar-refractivity contribution in [2.24, 2.45) is 0 Å². The molecule has 3 rings (SSSR count). The van der Waals surface area contributed by atoms with Gasteiger partial charge in [0.1, 0.15) is 11.8 Å². The van der Waals surface area contributed by atoms with Crippen LogP contribution in [-0.4, -0.2) is 28.1 Å². The Bertz CT molecular complexity index is 1120. The molecule has 0 unspecified atom stereocenters. The van der Waals surface area contributed by atoms with E-state index in [2.05, 4.69) is 33.9 Å². The van der Waals surface area contributed by atoms with Gasteiger partial charge >= 0.3 is 5.69 Å². The van der Waals surface area contributed by atoms with Gasteiger partial charge in [-0.1, -0.05) is 31.9 Å². The Hall–Kier alpha value is -3.38. The van der Waals surface area contributed by atoms with Crippen molar-refractivity contribution >= 4 is 27.4 Å². The first-order valence-electron chi connectivity index (χ1n) is 10.3. The zero-order valence-electron chi connectivity index (χ0n) is 18.0. The normalized spacial score (nSPS) is 10.6. The third-order valence-corrected chi connectivity index (χ3v) is 5.49. The van der Waals surface area contributed by atoms with Gasteiger partial charge in [0, 0.05) is 41.6 Å². The molecular weight excluding hydrogens is 474 g/mol. The Morgan fingerprint density at radius 3 is 2.62 bits per heavy atom. The number of hydrogen-bond donors (Lipinski definition) is 0. The van der Waals surface area contributed by atoms with E-state index >= 15 is 0 Å². The number of nitro groups is 1. The zero-order chi connectivity index (χ0) is 23.1. The van der Waals surface area contributed by atoms with E-state index in [4.69, 9.17) is 4.74 Å². The van der Waals surface area contributed by atoms with Crippen molar-refractivity contribution in [2.75, 3.05) is 18.6 Å². The summed E-state index contributed by atoms with van der Waals surface area (Å²) in [5, 5.41) is 21.0. The quantitative estimate of drug-likeness (QED) is 0.205. The number of ether oxygens (including phenoxy) is 1. The Labute approximate surface area is 195 Å². The standard InChI is InChI=1S/C23H24BrN5O3/c1-3-4-5-12-27(23-21(29(30)31)10-11-22(26-23)32-2)15-17-6-8-19(9-7-17)28-16-18(24)13-20(28)14-25/h6-11,13,16H,3-5,12,15H2,1-2H3. The predicted octanol–water partition coefficient (Wildman–Crippen LogP) is 5.62. The first-order valence-corrected chi connectivity index (χ1v) is 11.1. The molecule has 0 radical (unpaired) electrons. The van der Waals surface area contributed by atoms with Crippen molar-refractivity contribution in [1.29, 1.82) is 5.26 Å². The second kappa shape index (κ2) is 10.8. The molecule has 9 heteroatoms. The lowest BCUT2D eigenvalue weighted by molar-refractivity contribution is -0.384. The number of benzene rings is 1. The number of halogens is 1. The number of unbranched alkanes of at least 4 members (excludes halogenated alkanes) is 2. The van der Waals surface area contributed by atoms with Crippen LogP contribution in [0.15, 0.2) is 53.1 Å². The fourth-order valence-corrected chi connectivity index (χ4v) is 3.86. The molecule has 0 atom stereocenters. The van der Waals surface area contributed by atoms with Gasteiger partial charge in [0.2, 0.25) is 11.7 Å². The molecule has 2 aromatic heterocycles. The van der Waals surface area contributed by atoms with Gasteiger partial charge in [0.25, 0.3) is 0 Å². The van der Waals surface area contributed by atoms with Crippen LogP contribution in [-0.2, 0) is 6.54 Å². The van der Waals surface area contributed by atoms with Gasteiger partial charge in [-0.15, -0.1) is 0 Å². The fraction of sp³-hybridized carbons (Fsp3) is 0.304. The first-order chi connectivity index (χ1) is 15.5. The van der Waals surface area contributed by atoms with Crippen LogP contribution in [0, 0.1) is 21.4 Å². The van der Waals surface area contributed by atoms with E-state index in [1.54, 1.807) is 10.6 Å². The summed E-state index contributed by atoms with van der Waals surface area (Å²) in [7, 11) is 1.49. The third-order valence-electron chi connectivity index (χ3n) is 5.05. The van der Waals surface area contributed by atoms with Crippen LogP contribution < -0.4 is 9.64 Å². The van der Waals surface area contributed by atoms with E-state index in [0.717, 1.165) is 35.0 Å². The van der Waals surface area contributed by atoms with E-state index in [1.165, 1.54) is 19.2 Å². The Kier molecular flexibility index (Phi) is 7.84. The molecule has 3 aromatic rings. The minimum absolute atomic E-state index is 0.0465. The summed E-state index contributed by atoms with van der Waals surface area (Å²) in [5.41, 5.74) is 2.32. The summed E-state index contributed by atoms with van der Waals surface area (Å²) in [6.45, 7) is 3.22. The molecule has 0 aliphatic heterocycles. The van der Waals surface area contributed by atoms with Gasteiger partial charge in [-0.3, -0.25) is 10.1 Å². The lowest BCUT2D eigenvalue weighted by atomic mass is 10.1. The third kappa shape index (κ3) is 5.45. The number of pyridine rings is 1. The van der Waals surface area contributed by atoms with Gasteiger partial charge in [0.15, 0.2) is 0 Å². The number of nitriles is 1. The highest BCUT2D eigenvalue weighted by molar-refractivity contribution is 9.10. The molecule has 0 saturated carbocycles. The summed E-state index contributed by atoms with van der Waals surface area (Å²) in [5.74, 6) is 0.638. The van der Waals surface area contributed by atoms with E-state index in [1.807, 2.05) is 35.4 Å². The van der Waals surface area contributed by atoms with Gasteiger partial charge < -0.3 is 14.2 Å². The summed E-state index contributed by atoms with van der Waals surface area (Å²) in [6.07, 6.45) is 4.80. The summed E-state index contributed by atoms with van der Waals surface area (Å²) < 4.78 is 7.85. The van der Waals surface area contributed by atoms with Crippen molar-refractivity contribution in [3.05, 3.63) is 74.5 Å². The van der Waals surface area contributed by atoms with Gasteiger partial charge in [0.05, 0.1) is 12.0 Å². The van der Waals surface area contributed by atoms with Gasteiger partial charge in [-0.05, 0) is 46.1 Å². The molecule has 0 N–H and O–H groups in total. The zero-order valence-corrected chi connectivity index (χ0v) is 19.6. The predicted molar refractivity (Wildman–Crippen MR) is 126 cm³/mol. The molecule has 166 valence electrons. The molecule has 0 fully saturated rings. The molecule has 0 amide bonds. The molecule has 1 aromatic carbocycles. The maximum Gasteiger partial charge on any atom is 0.311 e. The lowest BCUT2D eigenvalue weighted by Crippen LogP contribution is -2.26. The summed E-state index contributed by atoms with van der Waals surface area (Å²) >= 11 is 3.40. The fourth-order valence-electron chi connectivity index (χ4n) is 3.44. The van der Waals surface area contributed by atoms with E-state index in [0.29, 0.717) is 30.5 Å². The largest absolute Gasteiger partial charge is 0.481 e. The first kappa shape index (κ1) is 23.3. The maximum atomic E-state index is 11.6. The number of nitrogens with zero attached hydrogens (tertiary/aromatic N) is 5. The van der Waals surface area contributed by atoms with E-state index in [9.17, 15) is 15.4 Å². The maximum absolute atomic E-state index is 11.6. The molecular formula is C23H24BrN5O3. The van der Waals surface area contributed by atoms with Crippen LogP contribution in [0.3, 0.4) is 0 Å². The smallest absolute Gasteiger partial charge is 0.311 e. The average molecular weight is 498 g/mol. The van der Waals surface area contributed by atoms with Crippen molar-refractivity contribution in [3.63, 3.8) is 0 Å². The summed E-state index contributed by atoms with van der Waals surface area (Å²) in [4.78, 5) is 17.5. The van der Waals surface area contributed by atoms with Crippen LogP contribution in [0.5, 0.6) is 5.88 Å². The molecule has 0 aliphatic carbocycles. The van der Waals surface area contributed by atoms with Gasteiger partial charge in [-0.25, -0.2) is 0 Å². The average Bonchev–Trinajstić information content (AvgIpc) is 3.19. The van der Waals surface area contributed by atoms with Gasteiger partial charge in [-0.2, -0.15) is 10.2 Å². The van der Waals surface area contributed by atoms with Crippen molar-refractivity contribution in [3.8, 4) is 17.6 Å². The number of anilines is 1.